The Labute approximate surface area is 81.0 Å². The molecule has 1 aromatic heterocycles. The fourth-order valence-electron chi connectivity index (χ4n) is 1.49. The number of nitrogens with zero attached hydrogens (tertiary/aromatic N) is 1. The van der Waals surface area contributed by atoms with E-state index in [2.05, 4.69) is 4.98 Å². The number of aryl methyl sites for hydroxylation is 2. The van der Waals surface area contributed by atoms with E-state index in [1.165, 1.54) is 13.8 Å². The zero-order valence-electron chi connectivity index (χ0n) is 8.58. The third-order valence-corrected chi connectivity index (χ3v) is 2.45. The van der Waals surface area contributed by atoms with Gasteiger partial charge in [-0.05, 0) is 38.8 Å². The van der Waals surface area contributed by atoms with Crippen molar-refractivity contribution in [3.8, 4) is 0 Å². The van der Waals surface area contributed by atoms with E-state index in [1.54, 1.807) is 13.8 Å². The van der Waals surface area contributed by atoms with E-state index < -0.39 is 11.7 Å². The average molecular weight is 203 g/mol. The summed E-state index contributed by atoms with van der Waals surface area (Å²) in [4.78, 5) is 4.05. The van der Waals surface area contributed by atoms with E-state index in [4.69, 9.17) is 0 Å². The van der Waals surface area contributed by atoms with Gasteiger partial charge in [0.15, 0.2) is 0 Å². The molecule has 1 rings (SSSR count). The molecule has 78 valence electrons. The zero-order chi connectivity index (χ0) is 11.1. The van der Waals surface area contributed by atoms with Crippen LogP contribution in [0.5, 0.6) is 0 Å². The Bertz CT molecular complexity index is 340. The monoisotopic (exact) mass is 203 g/mol. The molecule has 0 bridgehead atoms. The molecule has 0 aromatic carbocycles. The highest BCUT2D eigenvalue weighted by Gasteiger charge is 2.35. The lowest BCUT2D eigenvalue weighted by atomic mass is 10.0. The predicted molar refractivity (Wildman–Crippen MR) is 48.2 cm³/mol. The van der Waals surface area contributed by atoms with Crippen LogP contribution in [0.2, 0.25) is 0 Å². The first-order chi connectivity index (χ1) is 6.25. The molecule has 0 unspecified atom stereocenters. The molecular weight excluding hydrogens is 191 g/mol. The zero-order valence-corrected chi connectivity index (χ0v) is 8.58. The van der Waals surface area contributed by atoms with Crippen LogP contribution in [-0.2, 0) is 6.18 Å². The Morgan fingerprint density at radius 1 is 0.857 bits per heavy atom. The number of halogens is 3. The molecule has 0 saturated carbocycles. The summed E-state index contributed by atoms with van der Waals surface area (Å²) in [6.07, 6.45) is -4.29. The second kappa shape index (κ2) is 3.26. The Morgan fingerprint density at radius 3 is 1.50 bits per heavy atom. The van der Waals surface area contributed by atoms with Crippen LogP contribution >= 0.6 is 0 Å². The minimum Gasteiger partial charge on any atom is -0.258 e. The number of pyridine rings is 1. The minimum atomic E-state index is -4.29. The maximum atomic E-state index is 12.6. The molecule has 1 heterocycles. The van der Waals surface area contributed by atoms with Crippen LogP contribution in [0.15, 0.2) is 0 Å². The van der Waals surface area contributed by atoms with Crippen LogP contribution in [0, 0.1) is 27.7 Å². The van der Waals surface area contributed by atoms with Crippen LogP contribution in [-0.4, -0.2) is 4.98 Å². The fourth-order valence-corrected chi connectivity index (χ4v) is 1.49. The maximum Gasteiger partial charge on any atom is 0.417 e. The normalized spacial score (nSPS) is 11.9. The molecule has 1 nitrogen and oxygen atoms in total. The molecule has 0 saturated heterocycles. The van der Waals surface area contributed by atoms with Gasteiger partial charge >= 0.3 is 6.18 Å². The Hall–Kier alpha value is -1.06. The molecule has 1 aromatic rings. The summed E-state index contributed by atoms with van der Waals surface area (Å²) in [5.41, 5.74) is 0.796. The van der Waals surface area contributed by atoms with Crippen molar-refractivity contribution in [1.29, 1.82) is 0 Å². The van der Waals surface area contributed by atoms with E-state index in [0.29, 0.717) is 11.4 Å². The standard InChI is InChI=1S/C10H12F3N/c1-5-7(3)14-8(4)6(2)9(5)10(11,12)13/h1-4H3. The highest BCUT2D eigenvalue weighted by atomic mass is 19.4. The first-order valence-electron chi connectivity index (χ1n) is 4.26. The van der Waals surface area contributed by atoms with Gasteiger partial charge in [-0.2, -0.15) is 13.2 Å². The summed E-state index contributed by atoms with van der Waals surface area (Å²) in [7, 11) is 0. The van der Waals surface area contributed by atoms with Gasteiger partial charge in [0.25, 0.3) is 0 Å². The van der Waals surface area contributed by atoms with Gasteiger partial charge < -0.3 is 0 Å². The smallest absolute Gasteiger partial charge is 0.258 e. The van der Waals surface area contributed by atoms with Crippen molar-refractivity contribution in [3.05, 3.63) is 28.1 Å². The molecule has 14 heavy (non-hydrogen) atoms. The second-order valence-corrected chi connectivity index (χ2v) is 3.41. The minimum absolute atomic E-state index is 0.223. The Morgan fingerprint density at radius 2 is 1.21 bits per heavy atom. The Kier molecular flexibility index (Phi) is 2.56. The summed E-state index contributed by atoms with van der Waals surface area (Å²) in [5.74, 6) is 0. The molecule has 0 atom stereocenters. The van der Waals surface area contributed by atoms with Crippen LogP contribution in [0.25, 0.3) is 0 Å². The van der Waals surface area contributed by atoms with Crippen LogP contribution in [0.3, 0.4) is 0 Å². The number of hydrogen-bond donors (Lipinski definition) is 0. The van der Waals surface area contributed by atoms with Crippen molar-refractivity contribution < 1.29 is 13.2 Å². The largest absolute Gasteiger partial charge is 0.417 e. The topological polar surface area (TPSA) is 12.9 Å². The lowest BCUT2D eigenvalue weighted by Crippen LogP contribution is -2.13. The number of rotatable bonds is 0. The SMILES string of the molecule is Cc1nc(C)c(C)c(C(F)(F)F)c1C. The van der Waals surface area contributed by atoms with E-state index in [-0.39, 0.29) is 11.1 Å². The first-order valence-corrected chi connectivity index (χ1v) is 4.26. The lowest BCUT2D eigenvalue weighted by Gasteiger charge is -2.16. The highest BCUT2D eigenvalue weighted by Crippen LogP contribution is 2.35. The molecule has 0 fully saturated rings. The van der Waals surface area contributed by atoms with Gasteiger partial charge in [-0.15, -0.1) is 0 Å². The van der Waals surface area contributed by atoms with Crippen molar-refractivity contribution in [2.24, 2.45) is 0 Å². The summed E-state index contributed by atoms with van der Waals surface area (Å²) >= 11 is 0. The van der Waals surface area contributed by atoms with Crippen molar-refractivity contribution in [3.63, 3.8) is 0 Å². The molecule has 4 heteroatoms. The van der Waals surface area contributed by atoms with E-state index >= 15 is 0 Å². The van der Waals surface area contributed by atoms with Crippen molar-refractivity contribution in [1.82, 2.24) is 4.98 Å². The fraction of sp³-hybridized carbons (Fsp3) is 0.500. The molecule has 0 aliphatic heterocycles. The van der Waals surface area contributed by atoms with Gasteiger partial charge in [0.1, 0.15) is 0 Å². The van der Waals surface area contributed by atoms with Crippen molar-refractivity contribution in [2.45, 2.75) is 33.9 Å². The maximum absolute atomic E-state index is 12.6. The van der Waals surface area contributed by atoms with Crippen molar-refractivity contribution >= 4 is 0 Å². The first kappa shape index (κ1) is 11.0. The van der Waals surface area contributed by atoms with Gasteiger partial charge in [-0.25, -0.2) is 0 Å². The lowest BCUT2D eigenvalue weighted by molar-refractivity contribution is -0.138. The molecule has 0 N–H and O–H groups in total. The van der Waals surface area contributed by atoms with E-state index in [1.807, 2.05) is 0 Å². The summed E-state index contributed by atoms with van der Waals surface area (Å²) in [5, 5.41) is 0. The molecule has 0 aliphatic rings. The third kappa shape index (κ3) is 1.74. The van der Waals surface area contributed by atoms with Crippen LogP contribution in [0.1, 0.15) is 28.1 Å². The van der Waals surface area contributed by atoms with Gasteiger partial charge in [0.2, 0.25) is 0 Å². The summed E-state index contributed by atoms with van der Waals surface area (Å²) in [6, 6.07) is 0. The third-order valence-electron chi connectivity index (χ3n) is 2.45. The van der Waals surface area contributed by atoms with E-state index in [9.17, 15) is 13.2 Å². The van der Waals surface area contributed by atoms with Gasteiger partial charge in [0, 0.05) is 11.4 Å². The second-order valence-electron chi connectivity index (χ2n) is 3.41. The van der Waals surface area contributed by atoms with Crippen molar-refractivity contribution in [2.75, 3.05) is 0 Å². The van der Waals surface area contributed by atoms with Gasteiger partial charge in [-0.3, -0.25) is 4.98 Å². The van der Waals surface area contributed by atoms with Gasteiger partial charge in [-0.1, -0.05) is 0 Å². The molecule has 0 aliphatic carbocycles. The number of aromatic nitrogens is 1. The average Bonchev–Trinajstić information content (AvgIpc) is 1.98. The van der Waals surface area contributed by atoms with Gasteiger partial charge in [0.05, 0.1) is 5.56 Å². The number of alkyl halides is 3. The molecule has 0 amide bonds. The quantitative estimate of drug-likeness (QED) is 0.630. The predicted octanol–water partition coefficient (Wildman–Crippen LogP) is 3.33. The molecular formula is C10H12F3N. The summed E-state index contributed by atoms with van der Waals surface area (Å²) < 4.78 is 37.9. The van der Waals surface area contributed by atoms with Crippen LogP contribution < -0.4 is 0 Å². The Balaban J connectivity index is 3.56. The summed E-state index contributed by atoms with van der Waals surface area (Å²) in [6.45, 7) is 6.10. The molecule has 0 radical (unpaired) electrons. The van der Waals surface area contributed by atoms with E-state index in [0.717, 1.165) is 0 Å². The molecule has 0 spiro atoms. The number of hydrogen-bond acceptors (Lipinski definition) is 1. The van der Waals surface area contributed by atoms with Crippen LogP contribution in [0.4, 0.5) is 13.2 Å². The highest BCUT2D eigenvalue weighted by molar-refractivity contribution is 5.40.